The fourth-order valence-corrected chi connectivity index (χ4v) is 12.1. The molecule has 0 amide bonds. The monoisotopic (exact) mass is 1090 g/mol. The number of ether oxygens (including phenoxy) is 9. The molecule has 14 N–H and O–H groups in total. The number of aliphatic hydroxyl groups is 14. The first kappa shape index (κ1) is 59.7. The number of carbonyl (C=O) groups excluding carboxylic acids is 2. The van der Waals surface area contributed by atoms with Gasteiger partial charge in [0.15, 0.2) is 18.9 Å². The molecule has 25 heteroatoms. The Bertz CT molecular complexity index is 1900. The van der Waals surface area contributed by atoms with Gasteiger partial charge in [-0.1, -0.05) is 12.2 Å². The van der Waals surface area contributed by atoms with Crippen molar-refractivity contribution < 1.29 is 124 Å². The lowest BCUT2D eigenvalue weighted by Crippen LogP contribution is -2.66. The summed E-state index contributed by atoms with van der Waals surface area (Å²) in [6.45, 7) is -2.00. The lowest BCUT2D eigenvalue weighted by molar-refractivity contribution is -0.380. The standard InChI is InChI=1S/C51H80O25/c52-19-34-39(60)42(63)45(66)49(73-34)71-32-17-27(55)16-31-28(32)18-33(47(70-31)24-6-10-26(54)11-7-24)72-51-48(44(65)41(62)36(75-51)21-69-37(58)13-4-22-1-8-25(53)9-2-22)76-50-46(67)43(64)40(61)35(74-50)20-68-38(59)14-5-23-3-12-29(56)30(57)15-23/h4-5,13-14,22-36,39-57,60-67H,1-3,6-12,15-21H2. The van der Waals surface area contributed by atoms with E-state index in [4.69, 9.17) is 42.6 Å². The molecule has 8 fully saturated rings. The number of esters is 2. The van der Waals surface area contributed by atoms with Crippen LogP contribution in [-0.2, 0) is 52.2 Å². The maximum absolute atomic E-state index is 13.0. The Labute approximate surface area is 439 Å². The molecule has 8 aliphatic rings. The molecule has 0 aromatic heterocycles. The molecule has 24 atom stereocenters. The van der Waals surface area contributed by atoms with E-state index >= 15 is 0 Å². The molecule has 0 bridgehead atoms. The van der Waals surface area contributed by atoms with Gasteiger partial charge in [0.1, 0.15) is 86.5 Å². The Hall–Kier alpha value is -2.42. The summed E-state index contributed by atoms with van der Waals surface area (Å²) < 4.78 is 54.8. The largest absolute Gasteiger partial charge is 0.460 e. The van der Waals surface area contributed by atoms with E-state index in [1.165, 1.54) is 12.2 Å². The van der Waals surface area contributed by atoms with Crippen molar-refractivity contribution in [3.63, 3.8) is 0 Å². The van der Waals surface area contributed by atoms with Gasteiger partial charge < -0.3 is 114 Å². The van der Waals surface area contributed by atoms with Gasteiger partial charge >= 0.3 is 11.9 Å². The third kappa shape index (κ3) is 14.5. The first-order chi connectivity index (χ1) is 36.3. The normalized spacial score (nSPS) is 48.6. The highest BCUT2D eigenvalue weighted by Gasteiger charge is 2.56. The van der Waals surface area contributed by atoms with Crippen molar-refractivity contribution in [2.24, 2.45) is 23.7 Å². The van der Waals surface area contributed by atoms with Crippen LogP contribution in [0, 0.1) is 23.7 Å². The van der Waals surface area contributed by atoms with Crippen molar-refractivity contribution in [3.05, 3.63) is 24.3 Å². The number of fused-ring (bicyclic) bond motifs is 1. The molecule has 4 heterocycles. The van der Waals surface area contributed by atoms with Gasteiger partial charge in [-0.05, 0) is 101 Å². The highest BCUT2D eigenvalue weighted by Crippen LogP contribution is 2.45. The smallest absolute Gasteiger partial charge is 0.330 e. The maximum Gasteiger partial charge on any atom is 0.330 e. The molecule has 434 valence electrons. The maximum atomic E-state index is 13.0. The van der Waals surface area contributed by atoms with E-state index in [1.807, 2.05) is 0 Å². The topological polar surface area (TPSA) is 400 Å². The summed E-state index contributed by atoms with van der Waals surface area (Å²) in [5, 5.41) is 150. The molecule has 4 aliphatic heterocycles. The first-order valence-electron chi connectivity index (χ1n) is 27.0. The predicted molar refractivity (Wildman–Crippen MR) is 253 cm³/mol. The zero-order chi connectivity index (χ0) is 54.5. The summed E-state index contributed by atoms with van der Waals surface area (Å²) in [5.74, 6) is -2.77. The molecule has 0 aromatic rings. The molecular weight excluding hydrogens is 1010 g/mol. The van der Waals surface area contributed by atoms with Crippen molar-refractivity contribution in [2.75, 3.05) is 19.8 Å². The van der Waals surface area contributed by atoms with Crippen LogP contribution in [0.2, 0.25) is 0 Å². The Morgan fingerprint density at radius 1 is 0.447 bits per heavy atom. The van der Waals surface area contributed by atoms with E-state index < -0.39 is 185 Å². The van der Waals surface area contributed by atoms with Gasteiger partial charge in [-0.2, -0.15) is 0 Å². The first-order valence-corrected chi connectivity index (χ1v) is 27.0. The van der Waals surface area contributed by atoms with Crippen LogP contribution in [-0.4, -0.2) is 250 Å². The predicted octanol–water partition coefficient (Wildman–Crippen LogP) is -4.05. The lowest BCUT2D eigenvalue weighted by atomic mass is 9.73. The summed E-state index contributed by atoms with van der Waals surface area (Å²) in [6, 6.07) is 0. The molecular formula is C51H80O25. The minimum atomic E-state index is -2.02. The zero-order valence-electron chi connectivity index (χ0n) is 42.2. The Kier molecular flexibility index (Phi) is 21.1. The van der Waals surface area contributed by atoms with Crippen molar-refractivity contribution in [1.82, 2.24) is 0 Å². The van der Waals surface area contributed by atoms with Gasteiger partial charge in [0, 0.05) is 24.5 Å². The fourth-order valence-electron chi connectivity index (χ4n) is 12.1. The third-order valence-electron chi connectivity index (χ3n) is 16.8. The Morgan fingerprint density at radius 3 is 1.57 bits per heavy atom. The van der Waals surface area contributed by atoms with Crippen LogP contribution >= 0.6 is 0 Å². The molecule has 4 saturated heterocycles. The molecule has 25 nitrogen and oxygen atoms in total. The number of rotatable bonds is 16. The summed E-state index contributed by atoms with van der Waals surface area (Å²) in [4.78, 5) is 25.8. The minimum absolute atomic E-state index is 0.0127. The molecule has 0 spiro atoms. The van der Waals surface area contributed by atoms with Gasteiger partial charge in [0.25, 0.3) is 0 Å². The van der Waals surface area contributed by atoms with E-state index in [0.717, 1.165) is 6.08 Å². The SMILES string of the molecule is O=C(C=CC1CCC(O)C(O)C1)OCC1OC(OC2C(OC3CC4C(OC5OC(CO)C(O)C(O)C5O)CC(O)CC4OC3C3CCC(O)CC3)OC(COC(=O)C=CC3CCC(O)CC3)C(O)C2O)C(O)C(O)C1O. The number of carbonyl (C=O) groups is 2. The van der Waals surface area contributed by atoms with E-state index in [9.17, 15) is 81.1 Å². The fraction of sp³-hybridized carbons (Fsp3) is 0.882. The third-order valence-corrected chi connectivity index (χ3v) is 16.8. The second-order valence-corrected chi connectivity index (χ2v) is 22.2. The van der Waals surface area contributed by atoms with E-state index in [1.54, 1.807) is 6.08 Å². The van der Waals surface area contributed by atoms with Crippen molar-refractivity contribution in [1.29, 1.82) is 0 Å². The number of hydrogen-bond acceptors (Lipinski definition) is 25. The van der Waals surface area contributed by atoms with Crippen LogP contribution < -0.4 is 0 Å². The van der Waals surface area contributed by atoms with Gasteiger partial charge in [-0.15, -0.1) is 0 Å². The average molecular weight is 1090 g/mol. The second kappa shape index (κ2) is 26.9. The van der Waals surface area contributed by atoms with Crippen LogP contribution in [0.25, 0.3) is 0 Å². The molecule has 24 unspecified atom stereocenters. The van der Waals surface area contributed by atoms with Gasteiger partial charge in [-0.25, -0.2) is 9.59 Å². The van der Waals surface area contributed by atoms with Crippen molar-refractivity contribution in [2.45, 2.75) is 237 Å². The van der Waals surface area contributed by atoms with Crippen LogP contribution in [0.4, 0.5) is 0 Å². The molecule has 76 heavy (non-hydrogen) atoms. The number of aliphatic hydroxyl groups excluding tert-OH is 14. The summed E-state index contributed by atoms with van der Waals surface area (Å²) in [5.41, 5.74) is 0. The van der Waals surface area contributed by atoms with Crippen LogP contribution in [0.5, 0.6) is 0 Å². The second-order valence-electron chi connectivity index (χ2n) is 22.2. The van der Waals surface area contributed by atoms with E-state index in [-0.39, 0.29) is 43.4 Å². The number of hydrogen-bond donors (Lipinski definition) is 14. The number of allylic oxidation sites excluding steroid dienone is 2. The summed E-state index contributed by atoms with van der Waals surface area (Å²) in [7, 11) is 0. The van der Waals surface area contributed by atoms with Gasteiger partial charge in [0.05, 0.1) is 61.5 Å². The zero-order valence-corrected chi connectivity index (χ0v) is 42.2. The average Bonchev–Trinajstić information content (AvgIpc) is 3.41. The van der Waals surface area contributed by atoms with E-state index in [0.29, 0.717) is 64.2 Å². The molecule has 0 aromatic carbocycles. The molecule has 4 saturated carbocycles. The van der Waals surface area contributed by atoms with Crippen LogP contribution in [0.1, 0.15) is 89.9 Å². The summed E-state index contributed by atoms with van der Waals surface area (Å²) in [6.07, 6.45) is -22.4. The molecule has 8 rings (SSSR count). The summed E-state index contributed by atoms with van der Waals surface area (Å²) >= 11 is 0. The highest BCUT2D eigenvalue weighted by atomic mass is 16.8. The highest BCUT2D eigenvalue weighted by molar-refractivity contribution is 5.82. The minimum Gasteiger partial charge on any atom is -0.460 e. The molecule has 4 aliphatic carbocycles. The van der Waals surface area contributed by atoms with Gasteiger partial charge in [0.2, 0.25) is 0 Å². The Morgan fingerprint density at radius 2 is 0.961 bits per heavy atom. The van der Waals surface area contributed by atoms with E-state index in [2.05, 4.69) is 0 Å². The lowest BCUT2D eigenvalue weighted by Gasteiger charge is -2.52. The quantitative estimate of drug-likeness (QED) is 0.0517. The van der Waals surface area contributed by atoms with Crippen LogP contribution in [0.15, 0.2) is 24.3 Å². The molecule has 0 radical (unpaired) electrons. The van der Waals surface area contributed by atoms with Crippen molar-refractivity contribution in [3.8, 4) is 0 Å². The van der Waals surface area contributed by atoms with Crippen LogP contribution in [0.3, 0.4) is 0 Å². The van der Waals surface area contributed by atoms with Crippen molar-refractivity contribution >= 4 is 11.9 Å². The van der Waals surface area contributed by atoms with Gasteiger partial charge in [-0.3, -0.25) is 0 Å². The Balaban J connectivity index is 1.03.